The van der Waals surface area contributed by atoms with Gasteiger partial charge in [-0.2, -0.15) is 4.31 Å². The van der Waals surface area contributed by atoms with Crippen molar-refractivity contribution in [3.05, 3.63) is 64.7 Å². The minimum Gasteiger partial charge on any atom is -0.458 e. The lowest BCUT2D eigenvalue weighted by Crippen LogP contribution is -2.40. The van der Waals surface area contributed by atoms with E-state index in [-0.39, 0.29) is 22.9 Å². The molecule has 1 fully saturated rings. The van der Waals surface area contributed by atoms with E-state index in [1.54, 1.807) is 12.1 Å². The molecule has 1 saturated heterocycles. The zero-order chi connectivity index (χ0) is 20.3. The molecule has 1 atom stereocenters. The van der Waals surface area contributed by atoms with E-state index in [4.69, 9.17) is 16.3 Å². The van der Waals surface area contributed by atoms with Crippen molar-refractivity contribution in [2.45, 2.75) is 37.7 Å². The van der Waals surface area contributed by atoms with E-state index in [1.807, 2.05) is 38.1 Å². The predicted molar refractivity (Wildman–Crippen MR) is 109 cm³/mol. The second kappa shape index (κ2) is 8.64. The van der Waals surface area contributed by atoms with E-state index in [0.29, 0.717) is 31.0 Å². The largest absolute Gasteiger partial charge is 0.458 e. The maximum absolute atomic E-state index is 12.7. The second-order valence-electron chi connectivity index (χ2n) is 7.12. The first-order valence-electron chi connectivity index (χ1n) is 9.30. The van der Waals surface area contributed by atoms with Crippen molar-refractivity contribution in [2.24, 2.45) is 5.92 Å². The van der Waals surface area contributed by atoms with Gasteiger partial charge in [-0.15, -0.1) is 0 Å². The number of sulfonamides is 1. The molecule has 0 bridgehead atoms. The van der Waals surface area contributed by atoms with Crippen molar-refractivity contribution >= 4 is 27.6 Å². The molecule has 1 heterocycles. The Labute approximate surface area is 171 Å². The summed E-state index contributed by atoms with van der Waals surface area (Å²) in [5.41, 5.74) is 2.10. The third-order valence-corrected chi connectivity index (χ3v) is 7.24. The molecule has 1 aliphatic rings. The number of hydrogen-bond acceptors (Lipinski definition) is 4. The number of esters is 1. The van der Waals surface area contributed by atoms with Gasteiger partial charge in [-0.1, -0.05) is 41.4 Å². The number of carbonyl (C=O) groups excluding carboxylic acids is 1. The zero-order valence-corrected chi connectivity index (χ0v) is 17.5. The number of ether oxygens (including phenoxy) is 1. The molecular formula is C21H24ClNO4S. The Morgan fingerprint density at radius 2 is 1.64 bits per heavy atom. The second-order valence-corrected chi connectivity index (χ2v) is 9.50. The van der Waals surface area contributed by atoms with Gasteiger partial charge >= 0.3 is 5.97 Å². The molecule has 0 N–H and O–H groups in total. The molecule has 0 unspecified atom stereocenters. The van der Waals surface area contributed by atoms with Gasteiger partial charge in [0.1, 0.15) is 6.10 Å². The minimum absolute atomic E-state index is 0.214. The summed E-state index contributed by atoms with van der Waals surface area (Å²) in [6, 6.07) is 14.0. The van der Waals surface area contributed by atoms with E-state index in [9.17, 15) is 13.2 Å². The van der Waals surface area contributed by atoms with Gasteiger partial charge in [0.15, 0.2) is 0 Å². The Morgan fingerprint density at radius 1 is 1.07 bits per heavy atom. The van der Waals surface area contributed by atoms with Gasteiger partial charge in [0.25, 0.3) is 0 Å². The predicted octanol–water partition coefficient (Wildman–Crippen LogP) is 4.35. The molecular weight excluding hydrogens is 398 g/mol. The summed E-state index contributed by atoms with van der Waals surface area (Å²) < 4.78 is 32.5. The molecule has 5 nitrogen and oxygen atoms in total. The lowest BCUT2D eigenvalue weighted by Gasteiger charge is -2.30. The van der Waals surface area contributed by atoms with Crippen molar-refractivity contribution in [3.8, 4) is 0 Å². The van der Waals surface area contributed by atoms with E-state index in [0.717, 1.165) is 11.1 Å². The molecule has 150 valence electrons. The van der Waals surface area contributed by atoms with Gasteiger partial charge in [-0.05, 0) is 56.5 Å². The van der Waals surface area contributed by atoms with Crippen molar-refractivity contribution in [2.75, 3.05) is 13.1 Å². The van der Waals surface area contributed by atoms with Crippen molar-refractivity contribution in [1.82, 2.24) is 4.31 Å². The number of carbonyl (C=O) groups is 1. The third kappa shape index (κ3) is 4.74. The molecule has 28 heavy (non-hydrogen) atoms. The van der Waals surface area contributed by atoms with Crippen molar-refractivity contribution < 1.29 is 17.9 Å². The lowest BCUT2D eigenvalue weighted by atomic mass is 9.98. The molecule has 0 amide bonds. The topological polar surface area (TPSA) is 63.7 Å². The van der Waals surface area contributed by atoms with Crippen LogP contribution in [-0.4, -0.2) is 31.8 Å². The van der Waals surface area contributed by atoms with Crippen LogP contribution in [0.2, 0.25) is 5.02 Å². The summed E-state index contributed by atoms with van der Waals surface area (Å²) in [7, 11) is -3.58. The van der Waals surface area contributed by atoms with Crippen LogP contribution in [-0.2, 0) is 19.6 Å². The number of aryl methyl sites for hydroxylation is 1. The maximum atomic E-state index is 12.7. The normalized spacial score (nSPS) is 17.2. The van der Waals surface area contributed by atoms with Crippen LogP contribution in [0.1, 0.15) is 37.0 Å². The van der Waals surface area contributed by atoms with Crippen LogP contribution in [0.3, 0.4) is 0 Å². The lowest BCUT2D eigenvalue weighted by molar-refractivity contribution is -0.155. The summed E-state index contributed by atoms with van der Waals surface area (Å²) in [4.78, 5) is 12.7. The zero-order valence-electron chi connectivity index (χ0n) is 16.0. The van der Waals surface area contributed by atoms with Crippen molar-refractivity contribution in [3.63, 3.8) is 0 Å². The summed E-state index contributed by atoms with van der Waals surface area (Å²) in [5.74, 6) is -0.554. The van der Waals surface area contributed by atoms with Crippen LogP contribution in [0, 0.1) is 12.8 Å². The number of halogens is 1. The minimum atomic E-state index is -3.58. The fourth-order valence-corrected chi connectivity index (χ4v) is 4.86. The van der Waals surface area contributed by atoms with E-state index >= 15 is 0 Å². The Hall–Kier alpha value is -1.89. The Balaban J connectivity index is 1.57. The van der Waals surface area contributed by atoms with Crippen molar-refractivity contribution in [1.29, 1.82) is 0 Å². The molecule has 2 aromatic carbocycles. The molecule has 0 aromatic heterocycles. The molecule has 0 aliphatic carbocycles. The molecule has 0 saturated carbocycles. The third-order valence-electron chi connectivity index (χ3n) is 5.08. The van der Waals surface area contributed by atoms with Gasteiger partial charge in [0.2, 0.25) is 10.0 Å². The smallest absolute Gasteiger partial charge is 0.309 e. The van der Waals surface area contributed by atoms with Crippen LogP contribution in [0.5, 0.6) is 0 Å². The highest BCUT2D eigenvalue weighted by Gasteiger charge is 2.33. The highest BCUT2D eigenvalue weighted by Crippen LogP contribution is 2.27. The number of hydrogen-bond donors (Lipinski definition) is 0. The quantitative estimate of drug-likeness (QED) is 0.673. The van der Waals surface area contributed by atoms with Gasteiger partial charge < -0.3 is 4.74 Å². The first-order chi connectivity index (χ1) is 13.3. The number of piperidine rings is 1. The first kappa shape index (κ1) is 20.8. The van der Waals surface area contributed by atoms with Gasteiger partial charge in [-0.25, -0.2) is 8.42 Å². The standard InChI is InChI=1S/C21H24ClNO4S/c1-15-3-5-17(6-4-15)16(2)27-21(24)18-11-13-23(14-12-18)28(25,26)20-9-7-19(22)8-10-20/h3-10,16,18H,11-14H2,1-2H3/t16-/m1/s1. The highest BCUT2D eigenvalue weighted by atomic mass is 35.5. The molecule has 1 aliphatic heterocycles. The number of benzene rings is 2. The van der Waals surface area contributed by atoms with Crippen LogP contribution in [0.25, 0.3) is 0 Å². The van der Waals surface area contributed by atoms with Crippen LogP contribution < -0.4 is 0 Å². The molecule has 3 rings (SSSR count). The van der Waals surface area contributed by atoms with E-state index < -0.39 is 10.0 Å². The Morgan fingerprint density at radius 3 is 2.21 bits per heavy atom. The van der Waals surface area contributed by atoms with E-state index in [2.05, 4.69) is 0 Å². The molecule has 2 aromatic rings. The first-order valence-corrected chi connectivity index (χ1v) is 11.1. The van der Waals surface area contributed by atoms with Crippen LogP contribution in [0.15, 0.2) is 53.4 Å². The van der Waals surface area contributed by atoms with Crippen LogP contribution in [0.4, 0.5) is 0 Å². The van der Waals surface area contributed by atoms with Gasteiger partial charge in [-0.3, -0.25) is 4.79 Å². The SMILES string of the molecule is Cc1ccc([C@@H](C)OC(=O)C2CCN(S(=O)(=O)c3ccc(Cl)cc3)CC2)cc1. The van der Waals surface area contributed by atoms with Gasteiger partial charge in [0.05, 0.1) is 10.8 Å². The summed E-state index contributed by atoms with van der Waals surface area (Å²) >= 11 is 5.84. The summed E-state index contributed by atoms with van der Waals surface area (Å²) in [6.45, 7) is 4.45. The van der Waals surface area contributed by atoms with Gasteiger partial charge in [0, 0.05) is 18.1 Å². The number of nitrogens with zero attached hydrogens (tertiary/aromatic N) is 1. The van der Waals surface area contributed by atoms with Crippen LogP contribution >= 0.6 is 11.6 Å². The highest BCUT2D eigenvalue weighted by molar-refractivity contribution is 7.89. The summed E-state index contributed by atoms with van der Waals surface area (Å²) in [5, 5.41) is 0.489. The van der Waals surface area contributed by atoms with E-state index in [1.165, 1.54) is 16.4 Å². The number of rotatable bonds is 5. The summed E-state index contributed by atoms with van der Waals surface area (Å²) in [6.07, 6.45) is 0.572. The molecule has 7 heteroatoms. The molecule has 0 spiro atoms. The fourth-order valence-electron chi connectivity index (χ4n) is 3.26. The maximum Gasteiger partial charge on any atom is 0.309 e. The monoisotopic (exact) mass is 421 g/mol. The average Bonchev–Trinajstić information content (AvgIpc) is 2.69. The fraction of sp³-hybridized carbons (Fsp3) is 0.381. The Kier molecular flexibility index (Phi) is 6.43. The molecule has 0 radical (unpaired) electrons. The average molecular weight is 422 g/mol. The Bertz CT molecular complexity index is 918.